The number of esters is 2. The molecule has 0 saturated heterocycles. The fraction of sp³-hybridized carbons (Fsp3) is 0.263. The Morgan fingerprint density at radius 1 is 0.957 bits per heavy atom. The maximum Gasteiger partial charge on any atom is 0.343 e. The van der Waals surface area contributed by atoms with Gasteiger partial charge in [-0.2, -0.15) is 0 Å². The van der Waals surface area contributed by atoms with Gasteiger partial charge in [-0.05, 0) is 43.2 Å². The zero-order valence-corrected chi connectivity index (χ0v) is 13.5. The zero-order valence-electron chi connectivity index (χ0n) is 13.5. The molecule has 0 saturated carbocycles. The molecule has 0 N–H and O–H groups in total. The fourth-order valence-electron chi connectivity index (χ4n) is 1.87. The van der Waals surface area contributed by atoms with Crippen LogP contribution in [0, 0.1) is 12.8 Å². The Hall–Kier alpha value is -2.62. The number of hydrogen-bond acceptors (Lipinski definition) is 4. The molecule has 2 aromatic rings. The standard InChI is InChI=1S/C19H20O4/c1-13(2)12-22-18(20)16-5-4-6-17(11-16)23-19(21)15-9-7-14(3)8-10-15/h4-11,13H,12H2,1-3H3. The van der Waals surface area contributed by atoms with Crippen LogP contribution in [0.25, 0.3) is 0 Å². The first-order valence-electron chi connectivity index (χ1n) is 7.51. The van der Waals surface area contributed by atoms with E-state index in [1.165, 1.54) is 6.07 Å². The zero-order chi connectivity index (χ0) is 16.8. The predicted octanol–water partition coefficient (Wildman–Crippen LogP) is 4.03. The molecule has 4 heteroatoms. The van der Waals surface area contributed by atoms with Crippen LogP contribution < -0.4 is 4.74 Å². The maximum absolute atomic E-state index is 12.1. The molecule has 23 heavy (non-hydrogen) atoms. The molecule has 0 bridgehead atoms. The Bertz CT molecular complexity index is 687. The SMILES string of the molecule is Cc1ccc(C(=O)Oc2cccc(C(=O)OCC(C)C)c2)cc1. The van der Waals surface area contributed by atoms with Crippen LogP contribution >= 0.6 is 0 Å². The first kappa shape index (κ1) is 16.7. The van der Waals surface area contributed by atoms with E-state index in [1.54, 1.807) is 30.3 Å². The van der Waals surface area contributed by atoms with Crippen molar-refractivity contribution in [1.82, 2.24) is 0 Å². The van der Waals surface area contributed by atoms with Gasteiger partial charge in [0.2, 0.25) is 0 Å². The lowest BCUT2D eigenvalue weighted by Gasteiger charge is -2.09. The number of carbonyl (C=O) groups is 2. The molecule has 0 atom stereocenters. The van der Waals surface area contributed by atoms with Crippen molar-refractivity contribution >= 4 is 11.9 Å². The smallest absolute Gasteiger partial charge is 0.343 e. The van der Waals surface area contributed by atoms with Crippen LogP contribution in [0.2, 0.25) is 0 Å². The second-order valence-corrected chi connectivity index (χ2v) is 5.78. The Labute approximate surface area is 136 Å². The van der Waals surface area contributed by atoms with Crippen LogP contribution in [0.4, 0.5) is 0 Å². The summed E-state index contributed by atoms with van der Waals surface area (Å²) in [5.41, 5.74) is 1.89. The number of hydrogen-bond donors (Lipinski definition) is 0. The van der Waals surface area contributed by atoms with E-state index < -0.39 is 11.9 Å². The molecule has 2 aromatic carbocycles. The lowest BCUT2D eigenvalue weighted by Crippen LogP contribution is -2.11. The van der Waals surface area contributed by atoms with Crippen molar-refractivity contribution in [2.75, 3.05) is 6.61 Å². The second kappa shape index (κ2) is 7.58. The quantitative estimate of drug-likeness (QED) is 0.618. The van der Waals surface area contributed by atoms with Crippen molar-refractivity contribution in [3.8, 4) is 5.75 Å². The summed E-state index contributed by atoms with van der Waals surface area (Å²) < 4.78 is 10.5. The fourth-order valence-corrected chi connectivity index (χ4v) is 1.87. The van der Waals surface area contributed by atoms with Crippen molar-refractivity contribution in [3.63, 3.8) is 0 Å². The molecule has 0 spiro atoms. The van der Waals surface area contributed by atoms with Gasteiger partial charge in [-0.1, -0.05) is 37.6 Å². The van der Waals surface area contributed by atoms with Crippen molar-refractivity contribution in [2.45, 2.75) is 20.8 Å². The van der Waals surface area contributed by atoms with Gasteiger partial charge in [0.05, 0.1) is 17.7 Å². The molecule has 0 aliphatic carbocycles. The Morgan fingerprint density at radius 2 is 1.65 bits per heavy atom. The lowest BCUT2D eigenvalue weighted by molar-refractivity contribution is 0.0457. The monoisotopic (exact) mass is 312 g/mol. The minimum absolute atomic E-state index is 0.265. The van der Waals surface area contributed by atoms with Crippen LogP contribution in [0.3, 0.4) is 0 Å². The van der Waals surface area contributed by atoms with E-state index in [0.717, 1.165) is 5.56 Å². The molecule has 0 amide bonds. The summed E-state index contributed by atoms with van der Waals surface area (Å²) in [5.74, 6) is -0.305. The molecule has 0 radical (unpaired) electrons. The summed E-state index contributed by atoms with van der Waals surface area (Å²) in [6, 6.07) is 13.5. The van der Waals surface area contributed by atoms with Gasteiger partial charge in [-0.15, -0.1) is 0 Å². The van der Waals surface area contributed by atoms with Gasteiger partial charge in [0.15, 0.2) is 0 Å². The predicted molar refractivity (Wildman–Crippen MR) is 87.7 cm³/mol. The largest absolute Gasteiger partial charge is 0.462 e. The van der Waals surface area contributed by atoms with Gasteiger partial charge in [0, 0.05) is 0 Å². The molecule has 0 unspecified atom stereocenters. The third-order valence-corrected chi connectivity index (χ3v) is 3.12. The average Bonchev–Trinajstić information content (AvgIpc) is 2.53. The first-order valence-corrected chi connectivity index (χ1v) is 7.51. The molecule has 0 aromatic heterocycles. The molecular formula is C19H20O4. The Balaban J connectivity index is 2.06. The average molecular weight is 312 g/mol. The topological polar surface area (TPSA) is 52.6 Å². The minimum Gasteiger partial charge on any atom is -0.462 e. The van der Waals surface area contributed by atoms with E-state index >= 15 is 0 Å². The normalized spacial score (nSPS) is 10.4. The van der Waals surface area contributed by atoms with Crippen LogP contribution in [-0.2, 0) is 4.74 Å². The third kappa shape index (κ3) is 4.95. The number of rotatable bonds is 5. The number of benzene rings is 2. The van der Waals surface area contributed by atoms with E-state index in [4.69, 9.17) is 9.47 Å². The number of ether oxygens (including phenoxy) is 2. The van der Waals surface area contributed by atoms with Crippen LogP contribution in [-0.4, -0.2) is 18.5 Å². The van der Waals surface area contributed by atoms with Gasteiger partial charge in [-0.25, -0.2) is 9.59 Å². The highest BCUT2D eigenvalue weighted by Gasteiger charge is 2.12. The van der Waals surface area contributed by atoms with Gasteiger partial charge < -0.3 is 9.47 Å². The van der Waals surface area contributed by atoms with E-state index in [1.807, 2.05) is 32.9 Å². The van der Waals surface area contributed by atoms with Gasteiger partial charge in [0.25, 0.3) is 0 Å². The summed E-state index contributed by atoms with van der Waals surface area (Å²) in [5, 5.41) is 0. The molecule has 120 valence electrons. The van der Waals surface area contributed by atoms with E-state index in [2.05, 4.69) is 0 Å². The Kier molecular flexibility index (Phi) is 5.52. The molecule has 4 nitrogen and oxygen atoms in total. The number of aryl methyl sites for hydroxylation is 1. The van der Waals surface area contributed by atoms with Crippen LogP contribution in [0.5, 0.6) is 5.75 Å². The van der Waals surface area contributed by atoms with Crippen molar-refractivity contribution in [2.24, 2.45) is 5.92 Å². The molecule has 0 fully saturated rings. The van der Waals surface area contributed by atoms with Crippen molar-refractivity contribution < 1.29 is 19.1 Å². The van der Waals surface area contributed by atoms with E-state index in [-0.39, 0.29) is 5.92 Å². The molecule has 0 heterocycles. The lowest BCUT2D eigenvalue weighted by atomic mass is 10.1. The molecule has 0 aliphatic heterocycles. The summed E-state index contributed by atoms with van der Waals surface area (Å²) in [6.07, 6.45) is 0. The molecule has 0 aliphatic rings. The van der Waals surface area contributed by atoms with Gasteiger partial charge >= 0.3 is 11.9 Å². The Morgan fingerprint density at radius 3 is 2.30 bits per heavy atom. The van der Waals surface area contributed by atoms with Gasteiger partial charge in [-0.3, -0.25) is 0 Å². The maximum atomic E-state index is 12.1. The van der Waals surface area contributed by atoms with Crippen molar-refractivity contribution in [1.29, 1.82) is 0 Å². The number of carbonyl (C=O) groups excluding carboxylic acids is 2. The first-order chi connectivity index (χ1) is 11.0. The van der Waals surface area contributed by atoms with Crippen LogP contribution in [0.1, 0.15) is 40.1 Å². The third-order valence-electron chi connectivity index (χ3n) is 3.12. The van der Waals surface area contributed by atoms with E-state index in [9.17, 15) is 9.59 Å². The molecular weight excluding hydrogens is 292 g/mol. The van der Waals surface area contributed by atoms with Crippen molar-refractivity contribution in [3.05, 3.63) is 65.2 Å². The highest BCUT2D eigenvalue weighted by atomic mass is 16.5. The van der Waals surface area contributed by atoms with Gasteiger partial charge in [0.1, 0.15) is 5.75 Å². The highest BCUT2D eigenvalue weighted by Crippen LogP contribution is 2.16. The summed E-state index contributed by atoms with van der Waals surface area (Å²) in [7, 11) is 0. The van der Waals surface area contributed by atoms with E-state index in [0.29, 0.717) is 23.5 Å². The summed E-state index contributed by atoms with van der Waals surface area (Å²) in [6.45, 7) is 6.23. The summed E-state index contributed by atoms with van der Waals surface area (Å²) in [4.78, 5) is 24.0. The minimum atomic E-state index is -0.460. The molecule has 2 rings (SSSR count). The second-order valence-electron chi connectivity index (χ2n) is 5.78. The summed E-state index contributed by atoms with van der Waals surface area (Å²) >= 11 is 0. The highest BCUT2D eigenvalue weighted by molar-refractivity contribution is 5.92. The van der Waals surface area contributed by atoms with Crippen LogP contribution in [0.15, 0.2) is 48.5 Å².